The molecule has 0 amide bonds. The van der Waals surface area contributed by atoms with Crippen LogP contribution in [0.25, 0.3) is 10.1 Å². The Morgan fingerprint density at radius 2 is 1.50 bits per heavy atom. The molecular formula is C15H24S. The standard InChI is InChI=1S/C11H12S.2C2H6/c1-8(2)10-7-12-11-6-4-3-5-9(10)11;2*1-2/h3-8H,1-2H3;2*1-2H3. The molecule has 0 saturated carbocycles. The monoisotopic (exact) mass is 236 g/mol. The SMILES string of the molecule is CC.CC.CC(C)c1csc2ccccc12. The van der Waals surface area contributed by atoms with Gasteiger partial charge in [0.15, 0.2) is 0 Å². The van der Waals surface area contributed by atoms with Gasteiger partial charge in [0.25, 0.3) is 0 Å². The fraction of sp³-hybridized carbons (Fsp3) is 0.467. The van der Waals surface area contributed by atoms with Crippen LogP contribution in [0.2, 0.25) is 0 Å². The van der Waals surface area contributed by atoms with E-state index in [2.05, 4.69) is 43.5 Å². The molecule has 0 bridgehead atoms. The second-order valence-corrected chi connectivity index (χ2v) is 4.25. The van der Waals surface area contributed by atoms with Gasteiger partial charge in [-0.25, -0.2) is 0 Å². The van der Waals surface area contributed by atoms with Gasteiger partial charge in [-0.05, 0) is 28.3 Å². The summed E-state index contributed by atoms with van der Waals surface area (Å²) in [6.07, 6.45) is 0. The Labute approximate surface area is 104 Å². The number of fused-ring (bicyclic) bond motifs is 1. The second kappa shape index (κ2) is 8.35. The number of hydrogen-bond acceptors (Lipinski definition) is 1. The van der Waals surface area contributed by atoms with Crippen LogP contribution < -0.4 is 0 Å². The van der Waals surface area contributed by atoms with Gasteiger partial charge in [0.1, 0.15) is 0 Å². The highest BCUT2D eigenvalue weighted by molar-refractivity contribution is 7.17. The van der Waals surface area contributed by atoms with Crippen molar-refractivity contribution in [2.75, 3.05) is 0 Å². The van der Waals surface area contributed by atoms with Crippen LogP contribution in [0, 0.1) is 0 Å². The van der Waals surface area contributed by atoms with Gasteiger partial charge in [-0.15, -0.1) is 11.3 Å². The number of benzene rings is 1. The van der Waals surface area contributed by atoms with Crippen LogP contribution in [-0.2, 0) is 0 Å². The predicted molar refractivity (Wildman–Crippen MR) is 78.6 cm³/mol. The van der Waals surface area contributed by atoms with Crippen LogP contribution in [-0.4, -0.2) is 0 Å². The fourth-order valence-corrected chi connectivity index (χ4v) is 2.57. The third-order valence-electron chi connectivity index (χ3n) is 2.13. The smallest absolute Gasteiger partial charge is 0.0345 e. The maximum atomic E-state index is 2.27. The summed E-state index contributed by atoms with van der Waals surface area (Å²) >= 11 is 1.84. The van der Waals surface area contributed by atoms with E-state index in [9.17, 15) is 0 Å². The maximum absolute atomic E-state index is 2.27. The summed E-state index contributed by atoms with van der Waals surface area (Å²) in [5.74, 6) is 0.640. The minimum atomic E-state index is 0.640. The van der Waals surface area contributed by atoms with Crippen LogP contribution in [0.3, 0.4) is 0 Å². The first kappa shape index (κ1) is 15.2. The molecule has 1 heterocycles. The summed E-state index contributed by atoms with van der Waals surface area (Å²) in [7, 11) is 0. The largest absolute Gasteiger partial charge is 0.144 e. The van der Waals surface area contributed by atoms with Crippen molar-refractivity contribution in [1.29, 1.82) is 0 Å². The van der Waals surface area contributed by atoms with E-state index in [1.807, 2.05) is 39.0 Å². The van der Waals surface area contributed by atoms with Gasteiger partial charge in [0.05, 0.1) is 0 Å². The molecule has 0 spiro atoms. The molecule has 2 rings (SSSR count). The normalized spacial score (nSPS) is 9.19. The zero-order chi connectivity index (χ0) is 12.6. The summed E-state index contributed by atoms with van der Waals surface area (Å²) in [6.45, 7) is 12.5. The highest BCUT2D eigenvalue weighted by Gasteiger charge is 2.05. The first-order chi connectivity index (χ1) is 7.79. The zero-order valence-corrected chi connectivity index (χ0v) is 12.2. The van der Waals surface area contributed by atoms with Gasteiger partial charge in [-0.2, -0.15) is 0 Å². The highest BCUT2D eigenvalue weighted by atomic mass is 32.1. The molecule has 0 atom stereocenters. The van der Waals surface area contributed by atoms with E-state index < -0.39 is 0 Å². The number of thiophene rings is 1. The van der Waals surface area contributed by atoms with Crippen LogP contribution in [0.4, 0.5) is 0 Å². The van der Waals surface area contributed by atoms with E-state index in [-0.39, 0.29) is 0 Å². The third-order valence-corrected chi connectivity index (χ3v) is 3.11. The summed E-state index contributed by atoms with van der Waals surface area (Å²) in [5, 5.41) is 3.70. The van der Waals surface area contributed by atoms with Crippen LogP contribution in [0.5, 0.6) is 0 Å². The molecule has 0 N–H and O–H groups in total. The summed E-state index contributed by atoms with van der Waals surface area (Å²) < 4.78 is 1.40. The fourth-order valence-electron chi connectivity index (χ4n) is 1.45. The van der Waals surface area contributed by atoms with Gasteiger partial charge < -0.3 is 0 Å². The summed E-state index contributed by atoms with van der Waals surface area (Å²) in [5.41, 5.74) is 1.48. The number of hydrogen-bond donors (Lipinski definition) is 0. The zero-order valence-electron chi connectivity index (χ0n) is 11.4. The van der Waals surface area contributed by atoms with E-state index in [1.165, 1.54) is 15.6 Å². The van der Waals surface area contributed by atoms with Gasteiger partial charge in [-0.1, -0.05) is 59.7 Å². The molecule has 0 nitrogen and oxygen atoms in total. The van der Waals surface area contributed by atoms with Crippen molar-refractivity contribution in [1.82, 2.24) is 0 Å². The predicted octanol–water partition coefficient (Wildman–Crippen LogP) is 6.08. The Bertz CT molecular complexity index is 385. The lowest BCUT2D eigenvalue weighted by molar-refractivity contribution is 0.880. The van der Waals surface area contributed by atoms with E-state index in [1.54, 1.807) is 0 Å². The average molecular weight is 236 g/mol. The molecule has 0 unspecified atom stereocenters. The minimum absolute atomic E-state index is 0.640. The molecule has 1 aromatic heterocycles. The number of rotatable bonds is 1. The van der Waals surface area contributed by atoms with Crippen molar-refractivity contribution in [3.8, 4) is 0 Å². The quantitative estimate of drug-likeness (QED) is 0.563. The average Bonchev–Trinajstić information content (AvgIpc) is 2.78. The Morgan fingerprint density at radius 1 is 0.938 bits per heavy atom. The van der Waals surface area contributed by atoms with Crippen molar-refractivity contribution >= 4 is 21.4 Å². The lowest BCUT2D eigenvalue weighted by atomic mass is 10.0. The molecule has 1 aromatic carbocycles. The lowest BCUT2D eigenvalue weighted by Crippen LogP contribution is -1.82. The third kappa shape index (κ3) is 3.64. The van der Waals surface area contributed by atoms with E-state index in [0.717, 1.165) is 0 Å². The molecule has 16 heavy (non-hydrogen) atoms. The Balaban J connectivity index is 0.000000509. The van der Waals surface area contributed by atoms with Crippen molar-refractivity contribution in [3.05, 3.63) is 35.2 Å². The summed E-state index contributed by atoms with van der Waals surface area (Å²) in [6, 6.07) is 8.61. The molecule has 1 heteroatoms. The molecule has 0 saturated heterocycles. The molecule has 0 aliphatic rings. The van der Waals surface area contributed by atoms with Crippen LogP contribution in [0.1, 0.15) is 53.0 Å². The Hall–Kier alpha value is -0.820. The first-order valence-corrected chi connectivity index (χ1v) is 7.13. The van der Waals surface area contributed by atoms with Crippen molar-refractivity contribution in [3.63, 3.8) is 0 Å². The lowest BCUT2D eigenvalue weighted by Gasteiger charge is -2.01. The van der Waals surface area contributed by atoms with Gasteiger partial charge >= 0.3 is 0 Å². The van der Waals surface area contributed by atoms with Crippen LogP contribution >= 0.6 is 11.3 Å². The van der Waals surface area contributed by atoms with Crippen molar-refractivity contribution < 1.29 is 0 Å². The van der Waals surface area contributed by atoms with Crippen molar-refractivity contribution in [2.24, 2.45) is 0 Å². The molecule has 90 valence electrons. The first-order valence-electron chi connectivity index (χ1n) is 6.25. The van der Waals surface area contributed by atoms with E-state index >= 15 is 0 Å². The molecule has 0 radical (unpaired) electrons. The van der Waals surface area contributed by atoms with Gasteiger partial charge in [0, 0.05) is 4.70 Å². The van der Waals surface area contributed by atoms with E-state index in [0.29, 0.717) is 5.92 Å². The molecular weight excluding hydrogens is 212 g/mol. The molecule has 2 aromatic rings. The van der Waals surface area contributed by atoms with Crippen molar-refractivity contribution in [2.45, 2.75) is 47.5 Å². The van der Waals surface area contributed by atoms with Crippen LogP contribution in [0.15, 0.2) is 29.6 Å². The van der Waals surface area contributed by atoms with Gasteiger partial charge in [-0.3, -0.25) is 0 Å². The second-order valence-electron chi connectivity index (χ2n) is 3.34. The maximum Gasteiger partial charge on any atom is 0.0345 e. The molecule has 0 aliphatic carbocycles. The van der Waals surface area contributed by atoms with E-state index in [4.69, 9.17) is 0 Å². The molecule has 0 aliphatic heterocycles. The Kier molecular flexibility index (Phi) is 7.92. The minimum Gasteiger partial charge on any atom is -0.144 e. The Morgan fingerprint density at radius 3 is 2.06 bits per heavy atom. The summed E-state index contributed by atoms with van der Waals surface area (Å²) in [4.78, 5) is 0. The topological polar surface area (TPSA) is 0 Å². The molecule has 0 fully saturated rings. The highest BCUT2D eigenvalue weighted by Crippen LogP contribution is 2.30. The van der Waals surface area contributed by atoms with Gasteiger partial charge in [0.2, 0.25) is 0 Å².